The molecule has 0 aliphatic carbocycles. The Kier molecular flexibility index (Phi) is 7.85. The molecule has 1 heterocycles. The van der Waals surface area contributed by atoms with Crippen LogP contribution in [0, 0.1) is 0 Å². The van der Waals surface area contributed by atoms with E-state index in [-0.39, 0.29) is 17.2 Å². The lowest BCUT2D eigenvalue weighted by atomic mass is 9.73. The molecule has 0 spiro atoms. The number of aliphatic hydroxyl groups is 1. The van der Waals surface area contributed by atoms with Crippen LogP contribution in [-0.4, -0.2) is 39.4 Å². The third-order valence-corrected chi connectivity index (χ3v) is 7.76. The van der Waals surface area contributed by atoms with Crippen molar-refractivity contribution in [1.82, 2.24) is 4.48 Å². The highest BCUT2D eigenvalue weighted by atomic mass is 16.5. The minimum Gasteiger partial charge on any atom is -0.491 e. The molecule has 5 rings (SSSR count). The molecule has 204 valence electrons. The Hall–Kier alpha value is -4.23. The van der Waals surface area contributed by atoms with Gasteiger partial charge in [-0.25, -0.2) is 0 Å². The van der Waals surface area contributed by atoms with Crippen LogP contribution in [0.2, 0.25) is 0 Å². The number of nitrogens with zero attached hydrogens (tertiary/aromatic N) is 2. The molecule has 40 heavy (non-hydrogen) atoms. The summed E-state index contributed by atoms with van der Waals surface area (Å²) in [6.07, 6.45) is 3.65. The Labute approximate surface area is 236 Å². The first kappa shape index (κ1) is 27.3. The Balaban J connectivity index is 2.06. The summed E-state index contributed by atoms with van der Waals surface area (Å²) in [6.45, 7) is 1.77. The third-order valence-electron chi connectivity index (χ3n) is 7.76. The number of aliphatic imine (C=N–C) groups is 1. The SMILES string of the molecule is COc1ccc(C(C)OC)c(OC)c1[N+]1(C(c2ccccc2)(c2ccccc2)c2ccccc2)C=NC(CO)=C1. The van der Waals surface area contributed by atoms with Gasteiger partial charge in [0.25, 0.3) is 0 Å². The van der Waals surface area contributed by atoms with Crippen molar-refractivity contribution in [1.29, 1.82) is 0 Å². The normalized spacial score (nSPS) is 17.4. The molecule has 1 N–H and O–H groups in total. The molecule has 2 unspecified atom stereocenters. The van der Waals surface area contributed by atoms with Crippen molar-refractivity contribution in [3.8, 4) is 11.5 Å². The fourth-order valence-corrected chi connectivity index (χ4v) is 5.95. The van der Waals surface area contributed by atoms with Crippen molar-refractivity contribution in [2.24, 2.45) is 4.99 Å². The van der Waals surface area contributed by atoms with E-state index in [0.29, 0.717) is 17.2 Å². The minimum absolute atomic E-state index is 0.0392. The molecular formula is C34H35N2O4+. The average Bonchev–Trinajstić information content (AvgIpc) is 3.47. The van der Waals surface area contributed by atoms with Crippen molar-refractivity contribution >= 4 is 12.0 Å². The van der Waals surface area contributed by atoms with Gasteiger partial charge in [0.15, 0.2) is 17.0 Å². The molecule has 0 bridgehead atoms. The minimum atomic E-state index is -0.903. The summed E-state index contributed by atoms with van der Waals surface area (Å²) in [5.74, 6) is 1.25. The van der Waals surface area contributed by atoms with E-state index < -0.39 is 5.54 Å². The molecule has 1 aliphatic rings. The van der Waals surface area contributed by atoms with Gasteiger partial charge in [0, 0.05) is 29.4 Å². The van der Waals surface area contributed by atoms with Crippen molar-refractivity contribution in [2.45, 2.75) is 18.6 Å². The number of rotatable bonds is 10. The predicted molar refractivity (Wildman–Crippen MR) is 160 cm³/mol. The first-order valence-electron chi connectivity index (χ1n) is 13.3. The van der Waals surface area contributed by atoms with Crippen LogP contribution in [0.5, 0.6) is 11.5 Å². The van der Waals surface area contributed by atoms with Crippen LogP contribution in [-0.2, 0) is 10.3 Å². The molecule has 0 fully saturated rings. The highest BCUT2D eigenvalue weighted by molar-refractivity contribution is 5.90. The number of hydrogen-bond donors (Lipinski definition) is 1. The summed E-state index contributed by atoms with van der Waals surface area (Å²) in [5, 5.41) is 10.4. The maximum atomic E-state index is 10.4. The summed E-state index contributed by atoms with van der Waals surface area (Å²) < 4.78 is 18.1. The van der Waals surface area contributed by atoms with Gasteiger partial charge in [0.2, 0.25) is 12.0 Å². The third kappa shape index (κ3) is 4.21. The average molecular weight is 536 g/mol. The first-order chi connectivity index (χ1) is 19.6. The fraction of sp³-hybridized carbons (Fsp3) is 0.206. The summed E-state index contributed by atoms with van der Waals surface area (Å²) in [6, 6.07) is 35.1. The Morgan fingerprint density at radius 2 is 1.27 bits per heavy atom. The Morgan fingerprint density at radius 1 is 0.750 bits per heavy atom. The lowest BCUT2D eigenvalue weighted by Crippen LogP contribution is -2.60. The predicted octanol–water partition coefficient (Wildman–Crippen LogP) is 6.59. The van der Waals surface area contributed by atoms with Crippen LogP contribution in [0.25, 0.3) is 0 Å². The Morgan fingerprint density at radius 3 is 1.68 bits per heavy atom. The molecule has 4 aromatic rings. The maximum Gasteiger partial charge on any atom is 0.229 e. The van der Waals surface area contributed by atoms with Crippen molar-refractivity contribution in [3.05, 3.63) is 137 Å². The van der Waals surface area contributed by atoms with Gasteiger partial charge in [-0.3, -0.25) is 0 Å². The fourth-order valence-electron chi connectivity index (χ4n) is 5.95. The summed E-state index contributed by atoms with van der Waals surface area (Å²) in [7, 11) is 5.01. The molecule has 6 heteroatoms. The van der Waals surface area contributed by atoms with Gasteiger partial charge in [-0.05, 0) is 19.1 Å². The smallest absolute Gasteiger partial charge is 0.229 e. The van der Waals surface area contributed by atoms with Crippen molar-refractivity contribution in [3.63, 3.8) is 0 Å². The summed E-state index contributed by atoms with van der Waals surface area (Å²) >= 11 is 0. The molecule has 0 saturated carbocycles. The van der Waals surface area contributed by atoms with Gasteiger partial charge >= 0.3 is 0 Å². The largest absolute Gasteiger partial charge is 0.491 e. The molecule has 6 nitrogen and oxygen atoms in total. The van der Waals surface area contributed by atoms with E-state index in [2.05, 4.69) is 36.4 Å². The number of quaternary nitrogens is 1. The van der Waals surface area contributed by atoms with E-state index in [1.807, 2.05) is 86.2 Å². The highest BCUT2D eigenvalue weighted by Crippen LogP contribution is 2.57. The van der Waals surface area contributed by atoms with Crippen LogP contribution in [0.1, 0.15) is 35.3 Å². The number of hydrogen-bond acceptors (Lipinski definition) is 5. The van der Waals surface area contributed by atoms with E-state index in [4.69, 9.17) is 19.2 Å². The molecule has 4 aromatic carbocycles. The second-order valence-corrected chi connectivity index (χ2v) is 9.73. The zero-order valence-electron chi connectivity index (χ0n) is 23.3. The Bertz CT molecular complexity index is 1410. The van der Waals surface area contributed by atoms with E-state index in [0.717, 1.165) is 27.9 Å². The molecule has 0 amide bonds. The van der Waals surface area contributed by atoms with E-state index >= 15 is 0 Å². The van der Waals surface area contributed by atoms with Crippen LogP contribution < -0.4 is 14.0 Å². The quantitative estimate of drug-likeness (QED) is 0.184. The van der Waals surface area contributed by atoms with Gasteiger partial charge < -0.3 is 19.3 Å². The maximum absolute atomic E-state index is 10.4. The van der Waals surface area contributed by atoms with Gasteiger partial charge in [0.05, 0.1) is 26.9 Å². The molecular weight excluding hydrogens is 500 g/mol. The second-order valence-electron chi connectivity index (χ2n) is 9.73. The van der Waals surface area contributed by atoms with Crippen molar-refractivity contribution < 1.29 is 19.3 Å². The van der Waals surface area contributed by atoms with E-state index in [9.17, 15) is 5.11 Å². The molecule has 1 aliphatic heterocycles. The zero-order valence-corrected chi connectivity index (χ0v) is 23.3. The van der Waals surface area contributed by atoms with Gasteiger partial charge in [-0.1, -0.05) is 91.0 Å². The number of aliphatic hydroxyl groups excluding tert-OH is 1. The van der Waals surface area contributed by atoms with E-state index in [1.54, 1.807) is 21.3 Å². The molecule has 2 atom stereocenters. The van der Waals surface area contributed by atoms with Gasteiger partial charge in [-0.2, -0.15) is 9.48 Å². The number of ether oxygens (including phenoxy) is 3. The molecule has 0 aromatic heterocycles. The van der Waals surface area contributed by atoms with Crippen LogP contribution in [0.3, 0.4) is 0 Å². The van der Waals surface area contributed by atoms with Gasteiger partial charge in [0.1, 0.15) is 11.9 Å². The zero-order chi connectivity index (χ0) is 28.2. The first-order valence-corrected chi connectivity index (χ1v) is 13.3. The van der Waals surface area contributed by atoms with Crippen LogP contribution in [0.4, 0.5) is 5.69 Å². The van der Waals surface area contributed by atoms with E-state index in [1.165, 1.54) is 0 Å². The number of benzene rings is 4. The second kappa shape index (κ2) is 11.5. The molecule has 0 radical (unpaired) electrons. The highest BCUT2D eigenvalue weighted by Gasteiger charge is 2.59. The lowest BCUT2D eigenvalue weighted by Gasteiger charge is -2.48. The lowest BCUT2D eigenvalue weighted by molar-refractivity contribution is 0.116. The monoisotopic (exact) mass is 535 g/mol. The molecule has 0 saturated heterocycles. The van der Waals surface area contributed by atoms with Crippen molar-refractivity contribution in [2.75, 3.05) is 27.9 Å². The standard InChI is InChI=1S/C34H35N2O4/c1-25(38-2)30-20-21-31(39-3)32(33(30)40-4)36(22-29(23-37)35-24-36)34(26-14-8-5-9-15-26,27-16-10-6-11-17-27)28-18-12-7-13-19-28/h5-22,24-25,37H,23H2,1-4H3/q+1. The summed E-state index contributed by atoms with van der Waals surface area (Å²) in [4.78, 5) is 4.79. The van der Waals surface area contributed by atoms with Crippen LogP contribution in [0.15, 0.2) is 120 Å². The number of methoxy groups -OCH3 is 3. The topological polar surface area (TPSA) is 60.3 Å². The summed E-state index contributed by atoms with van der Waals surface area (Å²) in [5.41, 5.74) is 4.35. The van der Waals surface area contributed by atoms with Gasteiger partial charge in [-0.15, -0.1) is 0 Å². The van der Waals surface area contributed by atoms with Crippen LogP contribution >= 0.6 is 0 Å².